The zero-order chi connectivity index (χ0) is 11.8. The molecule has 0 aromatic heterocycles. The molecule has 0 atom stereocenters. The van der Waals surface area contributed by atoms with E-state index in [1.165, 1.54) is 5.57 Å². The Bertz CT molecular complexity index is 308. The minimum atomic E-state index is 0.727. The predicted octanol–water partition coefficient (Wildman–Crippen LogP) is 2.96. The van der Waals surface area contributed by atoms with Crippen molar-refractivity contribution in [1.29, 1.82) is 0 Å². The summed E-state index contributed by atoms with van der Waals surface area (Å²) in [6, 6.07) is 9.93. The highest BCUT2D eigenvalue weighted by atomic mass is 16.5. The Balaban J connectivity index is 2.26. The molecule has 1 rings (SSSR count). The second-order valence-electron chi connectivity index (χ2n) is 3.99. The Morgan fingerprint density at radius 2 is 2.00 bits per heavy atom. The van der Waals surface area contributed by atoms with Gasteiger partial charge in [0.15, 0.2) is 0 Å². The molecule has 0 saturated carbocycles. The van der Waals surface area contributed by atoms with Gasteiger partial charge in [-0.15, -0.1) is 0 Å². The third kappa shape index (κ3) is 4.99. The monoisotopic (exact) mass is 219 g/mol. The summed E-state index contributed by atoms with van der Waals surface area (Å²) in [7, 11) is 0. The molecule has 0 unspecified atom stereocenters. The number of hydrogen-bond acceptors (Lipinski definition) is 2. The highest BCUT2D eigenvalue weighted by Gasteiger charge is 2.02. The molecule has 0 heterocycles. The van der Waals surface area contributed by atoms with Gasteiger partial charge in [0.25, 0.3) is 0 Å². The van der Waals surface area contributed by atoms with Gasteiger partial charge in [0.05, 0.1) is 0 Å². The van der Waals surface area contributed by atoms with E-state index in [1.807, 2.05) is 30.3 Å². The smallest absolute Gasteiger partial charge is 0.119 e. The number of nitrogens with zero attached hydrogens (tertiary/aromatic N) is 1. The van der Waals surface area contributed by atoms with Gasteiger partial charge in [-0.2, -0.15) is 0 Å². The fraction of sp³-hybridized carbons (Fsp3) is 0.429. The lowest BCUT2D eigenvalue weighted by atomic mass is 10.3. The first-order valence-corrected chi connectivity index (χ1v) is 5.77. The fourth-order valence-electron chi connectivity index (χ4n) is 1.54. The number of para-hydroxylation sites is 1. The minimum Gasteiger partial charge on any atom is -0.492 e. The normalized spacial score (nSPS) is 10.4. The van der Waals surface area contributed by atoms with Gasteiger partial charge in [0, 0.05) is 13.1 Å². The number of ether oxygens (including phenoxy) is 1. The Kier molecular flexibility index (Phi) is 5.65. The van der Waals surface area contributed by atoms with Crippen molar-refractivity contribution in [2.75, 3.05) is 26.2 Å². The lowest BCUT2D eigenvalue weighted by Crippen LogP contribution is -2.29. The van der Waals surface area contributed by atoms with Crippen LogP contribution in [0.1, 0.15) is 13.8 Å². The van der Waals surface area contributed by atoms with E-state index in [9.17, 15) is 0 Å². The minimum absolute atomic E-state index is 0.727. The van der Waals surface area contributed by atoms with Gasteiger partial charge in [-0.25, -0.2) is 0 Å². The third-order valence-electron chi connectivity index (χ3n) is 2.36. The molecule has 1 aromatic rings. The first-order chi connectivity index (χ1) is 7.72. The zero-order valence-electron chi connectivity index (χ0n) is 10.3. The van der Waals surface area contributed by atoms with Gasteiger partial charge in [0.2, 0.25) is 0 Å². The Labute approximate surface area is 98.5 Å². The molecule has 0 aliphatic carbocycles. The topological polar surface area (TPSA) is 12.5 Å². The molecule has 0 saturated heterocycles. The van der Waals surface area contributed by atoms with Crippen LogP contribution in [-0.2, 0) is 0 Å². The van der Waals surface area contributed by atoms with Crippen LogP contribution in [0.5, 0.6) is 5.75 Å². The number of likely N-dealkylation sites (N-methyl/N-ethyl adjacent to an activating group) is 1. The van der Waals surface area contributed by atoms with Crippen LogP contribution in [0.25, 0.3) is 0 Å². The summed E-state index contributed by atoms with van der Waals surface area (Å²) in [6.45, 7) is 11.8. The molecule has 0 N–H and O–H groups in total. The van der Waals surface area contributed by atoms with Crippen molar-refractivity contribution in [2.24, 2.45) is 0 Å². The SMILES string of the molecule is C=C(C)CN(CC)CCOc1ccccc1. The standard InChI is InChI=1S/C14H21NO/c1-4-15(12-13(2)3)10-11-16-14-8-6-5-7-9-14/h5-9H,2,4,10-12H2,1,3H3. The number of hydrogen-bond donors (Lipinski definition) is 0. The van der Waals surface area contributed by atoms with Gasteiger partial charge in [0.1, 0.15) is 12.4 Å². The zero-order valence-corrected chi connectivity index (χ0v) is 10.3. The van der Waals surface area contributed by atoms with E-state index in [4.69, 9.17) is 4.74 Å². The molecule has 88 valence electrons. The van der Waals surface area contributed by atoms with Gasteiger partial charge in [-0.1, -0.05) is 37.3 Å². The average molecular weight is 219 g/mol. The van der Waals surface area contributed by atoms with Crippen LogP contribution in [-0.4, -0.2) is 31.1 Å². The van der Waals surface area contributed by atoms with E-state index in [-0.39, 0.29) is 0 Å². The Morgan fingerprint density at radius 3 is 2.56 bits per heavy atom. The van der Waals surface area contributed by atoms with Crippen LogP contribution in [0.2, 0.25) is 0 Å². The molecule has 0 spiro atoms. The Morgan fingerprint density at radius 1 is 1.31 bits per heavy atom. The summed E-state index contributed by atoms with van der Waals surface area (Å²) < 4.78 is 5.65. The lowest BCUT2D eigenvalue weighted by molar-refractivity contribution is 0.227. The second kappa shape index (κ2) is 7.07. The summed E-state index contributed by atoms with van der Waals surface area (Å²) in [5.74, 6) is 0.939. The second-order valence-corrected chi connectivity index (χ2v) is 3.99. The van der Waals surface area contributed by atoms with E-state index in [2.05, 4.69) is 25.3 Å². The van der Waals surface area contributed by atoms with Crippen molar-refractivity contribution in [1.82, 2.24) is 4.90 Å². The maximum Gasteiger partial charge on any atom is 0.119 e. The molecule has 2 heteroatoms. The summed E-state index contributed by atoms with van der Waals surface area (Å²) in [5, 5.41) is 0. The molecule has 0 bridgehead atoms. The fourth-order valence-corrected chi connectivity index (χ4v) is 1.54. The van der Waals surface area contributed by atoms with Crippen molar-refractivity contribution in [3.05, 3.63) is 42.5 Å². The molecule has 0 radical (unpaired) electrons. The molecular weight excluding hydrogens is 198 g/mol. The quantitative estimate of drug-likeness (QED) is 0.654. The summed E-state index contributed by atoms with van der Waals surface area (Å²) in [6.07, 6.45) is 0. The molecule has 1 aromatic carbocycles. The van der Waals surface area contributed by atoms with E-state index in [0.29, 0.717) is 0 Å². The largest absolute Gasteiger partial charge is 0.492 e. The summed E-state index contributed by atoms with van der Waals surface area (Å²) >= 11 is 0. The van der Waals surface area contributed by atoms with Gasteiger partial charge < -0.3 is 4.74 Å². The Hall–Kier alpha value is -1.28. The van der Waals surface area contributed by atoms with Crippen LogP contribution in [0, 0.1) is 0 Å². The highest BCUT2D eigenvalue weighted by Crippen LogP contribution is 2.08. The maximum absolute atomic E-state index is 5.65. The van der Waals surface area contributed by atoms with E-state index >= 15 is 0 Å². The highest BCUT2D eigenvalue weighted by molar-refractivity contribution is 5.20. The van der Waals surface area contributed by atoms with E-state index in [1.54, 1.807) is 0 Å². The average Bonchev–Trinajstić information content (AvgIpc) is 2.28. The van der Waals surface area contributed by atoms with Crippen molar-refractivity contribution >= 4 is 0 Å². The first kappa shape index (κ1) is 12.8. The number of rotatable bonds is 7. The maximum atomic E-state index is 5.65. The third-order valence-corrected chi connectivity index (χ3v) is 2.36. The molecule has 0 aliphatic rings. The van der Waals surface area contributed by atoms with Crippen LogP contribution >= 0.6 is 0 Å². The van der Waals surface area contributed by atoms with Crippen molar-refractivity contribution in [2.45, 2.75) is 13.8 Å². The molecule has 2 nitrogen and oxygen atoms in total. The van der Waals surface area contributed by atoms with Gasteiger partial charge in [-0.05, 0) is 25.6 Å². The number of benzene rings is 1. The summed E-state index contributed by atoms with van der Waals surface area (Å²) in [4.78, 5) is 2.32. The van der Waals surface area contributed by atoms with Crippen molar-refractivity contribution in [3.8, 4) is 5.75 Å². The van der Waals surface area contributed by atoms with Gasteiger partial charge >= 0.3 is 0 Å². The molecular formula is C14H21NO. The molecule has 16 heavy (non-hydrogen) atoms. The first-order valence-electron chi connectivity index (χ1n) is 5.77. The lowest BCUT2D eigenvalue weighted by Gasteiger charge is -2.20. The predicted molar refractivity (Wildman–Crippen MR) is 68.9 cm³/mol. The molecule has 0 amide bonds. The van der Waals surface area contributed by atoms with Crippen LogP contribution in [0.15, 0.2) is 42.5 Å². The summed E-state index contributed by atoms with van der Waals surface area (Å²) in [5.41, 5.74) is 1.20. The molecule has 0 aliphatic heterocycles. The van der Waals surface area contributed by atoms with Crippen LogP contribution < -0.4 is 4.74 Å². The molecule has 0 fully saturated rings. The van der Waals surface area contributed by atoms with Gasteiger partial charge in [-0.3, -0.25) is 4.90 Å². The van der Waals surface area contributed by atoms with Crippen LogP contribution in [0.4, 0.5) is 0 Å². The van der Waals surface area contributed by atoms with Crippen LogP contribution in [0.3, 0.4) is 0 Å². The van der Waals surface area contributed by atoms with Crippen molar-refractivity contribution < 1.29 is 4.74 Å². The van der Waals surface area contributed by atoms with E-state index in [0.717, 1.165) is 32.0 Å². The van der Waals surface area contributed by atoms with E-state index < -0.39 is 0 Å². The van der Waals surface area contributed by atoms with Crippen molar-refractivity contribution in [3.63, 3.8) is 0 Å².